The third kappa shape index (κ3) is 3.27. The molecule has 0 saturated heterocycles. The molecule has 7 heteroatoms. The number of benzene rings is 1. The number of nitrogens with zero attached hydrogens (tertiary/aromatic N) is 3. The zero-order valence-corrected chi connectivity index (χ0v) is 10.3. The average molecular weight is 269 g/mol. The van der Waals surface area contributed by atoms with Crippen LogP contribution in [0.4, 0.5) is 10.3 Å². The first-order valence-electron chi connectivity index (χ1n) is 5.26. The molecule has 0 aliphatic heterocycles. The molecule has 0 atom stereocenters. The van der Waals surface area contributed by atoms with Gasteiger partial charge in [0.05, 0.1) is 0 Å². The molecule has 0 unspecified atom stereocenters. The molecule has 0 fully saturated rings. The summed E-state index contributed by atoms with van der Waals surface area (Å²) >= 11 is 5.73. The molecule has 94 valence electrons. The molecule has 0 bridgehead atoms. The lowest BCUT2D eigenvalue weighted by Crippen LogP contribution is -2.04. The summed E-state index contributed by atoms with van der Waals surface area (Å²) in [5, 5.41) is 2.89. The van der Waals surface area contributed by atoms with Gasteiger partial charge < -0.3 is 10.1 Å². The molecule has 1 heterocycles. The fourth-order valence-corrected chi connectivity index (χ4v) is 1.40. The monoisotopic (exact) mass is 268 g/mol. The molecule has 2 aromatic rings. The van der Waals surface area contributed by atoms with Gasteiger partial charge in [0, 0.05) is 12.6 Å². The molecule has 5 nitrogen and oxygen atoms in total. The Morgan fingerprint density at radius 1 is 1.33 bits per heavy atom. The standard InChI is InChI=1S/C11H10ClFN4O/c1-2-14-10-15-9(12)16-11(17-10)18-8-5-3-4-7(13)6-8/h3-6H,2H2,1H3,(H,14,15,16,17). The Labute approximate surface area is 108 Å². The van der Waals surface area contributed by atoms with Crippen molar-refractivity contribution in [2.45, 2.75) is 6.92 Å². The molecule has 0 aliphatic carbocycles. The summed E-state index contributed by atoms with van der Waals surface area (Å²) in [4.78, 5) is 11.6. The van der Waals surface area contributed by atoms with Crippen LogP contribution in [-0.4, -0.2) is 21.5 Å². The van der Waals surface area contributed by atoms with E-state index in [1.807, 2.05) is 6.92 Å². The third-order valence-corrected chi connectivity index (χ3v) is 2.10. The van der Waals surface area contributed by atoms with Crippen LogP contribution >= 0.6 is 11.6 Å². The highest BCUT2D eigenvalue weighted by Crippen LogP contribution is 2.20. The molecule has 0 amide bonds. The van der Waals surface area contributed by atoms with E-state index in [0.717, 1.165) is 0 Å². The van der Waals surface area contributed by atoms with E-state index in [9.17, 15) is 4.39 Å². The second-order valence-electron chi connectivity index (χ2n) is 3.30. The Hall–Kier alpha value is -1.95. The highest BCUT2D eigenvalue weighted by atomic mass is 35.5. The van der Waals surface area contributed by atoms with Gasteiger partial charge in [-0.3, -0.25) is 0 Å². The van der Waals surface area contributed by atoms with Gasteiger partial charge >= 0.3 is 6.01 Å². The molecule has 0 spiro atoms. The van der Waals surface area contributed by atoms with Crippen LogP contribution in [0.2, 0.25) is 5.28 Å². The maximum Gasteiger partial charge on any atom is 0.328 e. The molecular formula is C11H10ClFN4O. The van der Waals surface area contributed by atoms with Crippen LogP contribution in [0.5, 0.6) is 11.8 Å². The molecule has 0 radical (unpaired) electrons. The molecule has 2 rings (SSSR count). The summed E-state index contributed by atoms with van der Waals surface area (Å²) in [6.07, 6.45) is 0. The molecule has 1 aromatic carbocycles. The summed E-state index contributed by atoms with van der Waals surface area (Å²) in [6, 6.07) is 5.67. The van der Waals surface area contributed by atoms with Crippen molar-refractivity contribution in [1.29, 1.82) is 0 Å². The molecule has 1 aromatic heterocycles. The smallest absolute Gasteiger partial charge is 0.328 e. The molecule has 1 N–H and O–H groups in total. The topological polar surface area (TPSA) is 59.9 Å². The number of rotatable bonds is 4. The number of hydrogen-bond donors (Lipinski definition) is 1. The SMILES string of the molecule is CCNc1nc(Cl)nc(Oc2cccc(F)c2)n1. The Morgan fingerprint density at radius 2 is 2.17 bits per heavy atom. The van der Waals surface area contributed by atoms with Crippen LogP contribution < -0.4 is 10.1 Å². The van der Waals surface area contributed by atoms with E-state index < -0.39 is 5.82 Å². The van der Waals surface area contributed by atoms with E-state index in [2.05, 4.69) is 20.3 Å². The first-order valence-corrected chi connectivity index (χ1v) is 5.64. The predicted molar refractivity (Wildman–Crippen MR) is 65.5 cm³/mol. The number of aromatic nitrogens is 3. The summed E-state index contributed by atoms with van der Waals surface area (Å²) in [6.45, 7) is 2.53. The number of anilines is 1. The van der Waals surface area contributed by atoms with E-state index in [4.69, 9.17) is 16.3 Å². The lowest BCUT2D eigenvalue weighted by molar-refractivity contribution is 0.436. The van der Waals surface area contributed by atoms with Crippen molar-refractivity contribution in [3.05, 3.63) is 35.4 Å². The van der Waals surface area contributed by atoms with E-state index in [0.29, 0.717) is 18.2 Å². The van der Waals surface area contributed by atoms with Crippen molar-refractivity contribution in [2.75, 3.05) is 11.9 Å². The highest BCUT2D eigenvalue weighted by molar-refractivity contribution is 6.28. The largest absolute Gasteiger partial charge is 0.424 e. The van der Waals surface area contributed by atoms with E-state index in [1.165, 1.54) is 18.2 Å². The minimum atomic E-state index is -0.403. The summed E-state index contributed by atoms with van der Waals surface area (Å²) in [5.41, 5.74) is 0. The Kier molecular flexibility index (Phi) is 3.88. The van der Waals surface area contributed by atoms with Gasteiger partial charge in [-0.15, -0.1) is 0 Å². The summed E-state index contributed by atoms with van der Waals surface area (Å²) in [7, 11) is 0. The van der Waals surface area contributed by atoms with E-state index >= 15 is 0 Å². The number of nitrogens with one attached hydrogen (secondary N) is 1. The lowest BCUT2D eigenvalue weighted by atomic mass is 10.3. The fraction of sp³-hybridized carbons (Fsp3) is 0.182. The molecule has 0 saturated carbocycles. The van der Waals surface area contributed by atoms with Gasteiger partial charge in [0.15, 0.2) is 0 Å². The Balaban J connectivity index is 2.23. The van der Waals surface area contributed by atoms with Gasteiger partial charge in [-0.2, -0.15) is 15.0 Å². The van der Waals surface area contributed by atoms with Crippen molar-refractivity contribution >= 4 is 17.5 Å². The van der Waals surface area contributed by atoms with Crippen molar-refractivity contribution in [3.8, 4) is 11.8 Å². The Bertz CT molecular complexity index is 552. The van der Waals surface area contributed by atoms with E-state index in [1.54, 1.807) is 6.07 Å². The van der Waals surface area contributed by atoms with E-state index in [-0.39, 0.29) is 11.3 Å². The quantitative estimate of drug-likeness (QED) is 0.924. The fourth-order valence-electron chi connectivity index (χ4n) is 1.25. The third-order valence-electron chi connectivity index (χ3n) is 1.93. The summed E-state index contributed by atoms with van der Waals surface area (Å²) < 4.78 is 18.3. The number of hydrogen-bond acceptors (Lipinski definition) is 5. The molecule has 0 aliphatic rings. The minimum Gasteiger partial charge on any atom is -0.424 e. The number of ether oxygens (including phenoxy) is 1. The van der Waals surface area contributed by atoms with Crippen LogP contribution in [-0.2, 0) is 0 Å². The van der Waals surface area contributed by atoms with Gasteiger partial charge in [0.1, 0.15) is 11.6 Å². The zero-order chi connectivity index (χ0) is 13.0. The van der Waals surface area contributed by atoms with Crippen molar-refractivity contribution in [1.82, 2.24) is 15.0 Å². The van der Waals surface area contributed by atoms with Crippen LogP contribution in [0.25, 0.3) is 0 Å². The number of halogens is 2. The van der Waals surface area contributed by atoms with Gasteiger partial charge in [0.2, 0.25) is 11.2 Å². The van der Waals surface area contributed by atoms with Gasteiger partial charge in [0.25, 0.3) is 0 Å². The van der Waals surface area contributed by atoms with Crippen molar-refractivity contribution in [2.24, 2.45) is 0 Å². The molecule has 18 heavy (non-hydrogen) atoms. The van der Waals surface area contributed by atoms with Gasteiger partial charge in [-0.05, 0) is 30.7 Å². The Morgan fingerprint density at radius 3 is 2.89 bits per heavy atom. The highest BCUT2D eigenvalue weighted by Gasteiger charge is 2.07. The maximum absolute atomic E-state index is 13.0. The van der Waals surface area contributed by atoms with Gasteiger partial charge in [-0.1, -0.05) is 6.07 Å². The van der Waals surface area contributed by atoms with Gasteiger partial charge in [-0.25, -0.2) is 4.39 Å². The van der Waals surface area contributed by atoms with Crippen LogP contribution in [0.3, 0.4) is 0 Å². The van der Waals surface area contributed by atoms with Crippen molar-refractivity contribution in [3.63, 3.8) is 0 Å². The zero-order valence-electron chi connectivity index (χ0n) is 9.52. The van der Waals surface area contributed by atoms with Crippen LogP contribution in [0.1, 0.15) is 6.92 Å². The lowest BCUT2D eigenvalue weighted by Gasteiger charge is -2.06. The average Bonchev–Trinajstić information content (AvgIpc) is 2.28. The maximum atomic E-state index is 13.0. The summed E-state index contributed by atoms with van der Waals surface area (Å²) in [5.74, 6) is 0.197. The second kappa shape index (κ2) is 5.59. The molecular weight excluding hydrogens is 259 g/mol. The first-order chi connectivity index (χ1) is 8.67. The minimum absolute atomic E-state index is 0.00681. The second-order valence-corrected chi connectivity index (χ2v) is 3.64. The normalized spacial score (nSPS) is 10.2. The predicted octanol–water partition coefficient (Wildman–Crippen LogP) is 2.89. The van der Waals surface area contributed by atoms with Crippen LogP contribution in [0, 0.1) is 5.82 Å². The van der Waals surface area contributed by atoms with Crippen LogP contribution in [0.15, 0.2) is 24.3 Å². The van der Waals surface area contributed by atoms with Crippen molar-refractivity contribution < 1.29 is 9.13 Å². The first kappa shape index (κ1) is 12.5.